The van der Waals surface area contributed by atoms with Gasteiger partial charge in [-0.3, -0.25) is 0 Å². The van der Waals surface area contributed by atoms with Gasteiger partial charge in [-0.05, 0) is 12.5 Å². The first-order valence-electron chi connectivity index (χ1n) is 6.49. The van der Waals surface area contributed by atoms with Gasteiger partial charge in [-0.2, -0.15) is 4.31 Å². The molecule has 0 fully saturated rings. The maximum Gasteiger partial charge on any atom is 0.260 e. The van der Waals surface area contributed by atoms with Crippen LogP contribution in [0, 0.1) is 6.92 Å². The van der Waals surface area contributed by atoms with Crippen LogP contribution < -0.4 is 0 Å². The van der Waals surface area contributed by atoms with Gasteiger partial charge in [0.25, 0.3) is 10.0 Å². The Morgan fingerprint density at radius 1 is 1.25 bits per heavy atom. The van der Waals surface area contributed by atoms with E-state index in [2.05, 4.69) is 9.97 Å². The zero-order valence-electron chi connectivity index (χ0n) is 11.9. The normalized spacial score (nSPS) is 12.0. The fourth-order valence-electron chi connectivity index (χ4n) is 1.86. The van der Waals surface area contributed by atoms with Crippen molar-refractivity contribution in [1.82, 2.24) is 14.3 Å². The van der Waals surface area contributed by atoms with Crippen LogP contribution in [0.2, 0.25) is 0 Å². The van der Waals surface area contributed by atoms with Gasteiger partial charge >= 0.3 is 0 Å². The molecule has 0 unspecified atom stereocenters. The van der Waals surface area contributed by atoms with Gasteiger partial charge in [0.15, 0.2) is 5.03 Å². The van der Waals surface area contributed by atoms with Gasteiger partial charge < -0.3 is 4.98 Å². The van der Waals surface area contributed by atoms with Crippen LogP contribution in [-0.4, -0.2) is 29.7 Å². The molecule has 6 heteroatoms. The number of imidazole rings is 1. The van der Waals surface area contributed by atoms with Crippen molar-refractivity contribution in [3.8, 4) is 0 Å². The van der Waals surface area contributed by atoms with Crippen molar-refractivity contribution < 1.29 is 8.42 Å². The molecule has 108 valence electrons. The lowest BCUT2D eigenvalue weighted by molar-refractivity contribution is 0.464. The molecule has 2 aromatic rings. The first-order valence-corrected chi connectivity index (χ1v) is 7.93. The highest BCUT2D eigenvalue weighted by Gasteiger charge is 2.23. The average Bonchev–Trinajstić information content (AvgIpc) is 2.90. The van der Waals surface area contributed by atoms with Crippen molar-refractivity contribution in [1.29, 1.82) is 0 Å². The Balaban J connectivity index is 2.18. The number of nitrogens with zero attached hydrogens (tertiary/aromatic N) is 2. The largest absolute Gasteiger partial charge is 0.332 e. The number of hydrogen-bond acceptors (Lipinski definition) is 3. The van der Waals surface area contributed by atoms with Crippen molar-refractivity contribution in [3.63, 3.8) is 0 Å². The number of benzene rings is 1. The Hall–Kier alpha value is -1.66. The molecule has 0 aliphatic heterocycles. The summed E-state index contributed by atoms with van der Waals surface area (Å²) in [7, 11) is -1.95. The van der Waals surface area contributed by atoms with E-state index < -0.39 is 10.0 Å². The molecule has 0 saturated heterocycles. The second-order valence-electron chi connectivity index (χ2n) is 4.79. The molecule has 2 rings (SSSR count). The standard InChI is InChI=1S/C14H19N3O2S/c1-4-13-15-9-14(16-13)20(18,19)17(3)10-12-7-5-11(2)6-8-12/h5-9H,4,10H2,1-3H3,(H,15,16). The smallest absolute Gasteiger partial charge is 0.260 e. The minimum absolute atomic E-state index is 0.143. The number of aromatic nitrogens is 2. The molecule has 20 heavy (non-hydrogen) atoms. The van der Waals surface area contributed by atoms with Gasteiger partial charge in [-0.15, -0.1) is 0 Å². The molecule has 0 radical (unpaired) electrons. The summed E-state index contributed by atoms with van der Waals surface area (Å²) in [6.45, 7) is 4.26. The number of hydrogen-bond donors (Lipinski definition) is 1. The number of nitrogens with one attached hydrogen (secondary N) is 1. The van der Waals surface area contributed by atoms with Crippen LogP contribution in [0.25, 0.3) is 0 Å². The second kappa shape index (κ2) is 5.76. The molecule has 0 spiro atoms. The summed E-state index contributed by atoms with van der Waals surface area (Å²) in [5.41, 5.74) is 2.11. The third kappa shape index (κ3) is 3.08. The highest BCUT2D eigenvalue weighted by atomic mass is 32.2. The summed E-state index contributed by atoms with van der Waals surface area (Å²) in [5, 5.41) is 0.143. The Bertz CT molecular complexity index is 675. The van der Waals surface area contributed by atoms with Gasteiger partial charge in [0, 0.05) is 20.0 Å². The van der Waals surface area contributed by atoms with Crippen LogP contribution in [0.5, 0.6) is 0 Å². The van der Waals surface area contributed by atoms with E-state index in [0.717, 1.165) is 11.1 Å². The Morgan fingerprint density at radius 3 is 2.45 bits per heavy atom. The molecule has 1 heterocycles. The molecular formula is C14H19N3O2S. The van der Waals surface area contributed by atoms with E-state index in [1.165, 1.54) is 10.5 Å². The Morgan fingerprint density at radius 2 is 1.90 bits per heavy atom. The van der Waals surface area contributed by atoms with Crippen LogP contribution in [0.15, 0.2) is 35.5 Å². The van der Waals surface area contributed by atoms with E-state index >= 15 is 0 Å². The molecule has 0 amide bonds. The van der Waals surface area contributed by atoms with Gasteiger partial charge in [0.05, 0.1) is 6.20 Å². The van der Waals surface area contributed by atoms with E-state index in [4.69, 9.17) is 0 Å². The van der Waals surface area contributed by atoms with E-state index in [1.807, 2.05) is 38.1 Å². The van der Waals surface area contributed by atoms with Crippen LogP contribution >= 0.6 is 0 Å². The second-order valence-corrected chi connectivity index (χ2v) is 6.81. The van der Waals surface area contributed by atoms with Gasteiger partial charge in [0.2, 0.25) is 0 Å². The fraction of sp³-hybridized carbons (Fsp3) is 0.357. The number of rotatable bonds is 5. The lowest BCUT2D eigenvalue weighted by Crippen LogP contribution is -2.26. The molecule has 0 aliphatic rings. The lowest BCUT2D eigenvalue weighted by Gasteiger charge is -2.16. The maximum absolute atomic E-state index is 12.4. The van der Waals surface area contributed by atoms with Crippen LogP contribution in [0.3, 0.4) is 0 Å². The minimum atomic E-state index is -3.52. The molecule has 0 atom stereocenters. The van der Waals surface area contributed by atoms with Gasteiger partial charge in [0.1, 0.15) is 5.82 Å². The van der Waals surface area contributed by atoms with Crippen LogP contribution in [0.4, 0.5) is 0 Å². The van der Waals surface area contributed by atoms with E-state index in [1.54, 1.807) is 7.05 Å². The average molecular weight is 293 g/mol. The number of aromatic amines is 1. The van der Waals surface area contributed by atoms with Crippen LogP contribution in [0.1, 0.15) is 23.9 Å². The quantitative estimate of drug-likeness (QED) is 0.918. The fourth-order valence-corrected chi connectivity index (χ4v) is 2.95. The first kappa shape index (κ1) is 14.7. The van der Waals surface area contributed by atoms with Gasteiger partial charge in [-0.1, -0.05) is 36.8 Å². The van der Waals surface area contributed by atoms with Crippen molar-refractivity contribution >= 4 is 10.0 Å². The van der Waals surface area contributed by atoms with Crippen molar-refractivity contribution in [3.05, 3.63) is 47.4 Å². The summed E-state index contributed by atoms with van der Waals surface area (Å²) >= 11 is 0. The summed E-state index contributed by atoms with van der Waals surface area (Å²) in [6, 6.07) is 7.82. The SMILES string of the molecule is CCc1ncc(S(=O)(=O)N(C)Cc2ccc(C)cc2)[nH]1. The predicted octanol–water partition coefficient (Wildman–Crippen LogP) is 2.10. The number of sulfonamides is 1. The third-order valence-electron chi connectivity index (χ3n) is 3.15. The summed E-state index contributed by atoms with van der Waals surface area (Å²) in [6.07, 6.45) is 2.05. The maximum atomic E-state index is 12.4. The van der Waals surface area contributed by atoms with Crippen LogP contribution in [-0.2, 0) is 23.0 Å². The summed E-state index contributed by atoms with van der Waals surface area (Å²) in [4.78, 5) is 6.88. The molecular weight excluding hydrogens is 274 g/mol. The molecule has 1 N–H and O–H groups in total. The molecule has 0 bridgehead atoms. The number of H-pyrrole nitrogens is 1. The summed E-state index contributed by atoms with van der Waals surface area (Å²) in [5.74, 6) is 0.673. The van der Waals surface area contributed by atoms with Crippen molar-refractivity contribution in [2.24, 2.45) is 0 Å². The number of aryl methyl sites for hydroxylation is 2. The van der Waals surface area contributed by atoms with Crippen molar-refractivity contribution in [2.75, 3.05) is 7.05 Å². The Kier molecular flexibility index (Phi) is 4.25. The Labute approximate surface area is 119 Å². The van der Waals surface area contributed by atoms with E-state index in [-0.39, 0.29) is 5.03 Å². The first-order chi connectivity index (χ1) is 9.43. The van der Waals surface area contributed by atoms with Gasteiger partial charge in [-0.25, -0.2) is 13.4 Å². The highest BCUT2D eigenvalue weighted by Crippen LogP contribution is 2.15. The topological polar surface area (TPSA) is 66.1 Å². The minimum Gasteiger partial charge on any atom is -0.332 e. The van der Waals surface area contributed by atoms with E-state index in [0.29, 0.717) is 18.8 Å². The molecule has 1 aromatic heterocycles. The predicted molar refractivity (Wildman–Crippen MR) is 77.8 cm³/mol. The zero-order chi connectivity index (χ0) is 14.8. The zero-order valence-corrected chi connectivity index (χ0v) is 12.7. The molecule has 1 aromatic carbocycles. The highest BCUT2D eigenvalue weighted by molar-refractivity contribution is 7.89. The molecule has 0 saturated carbocycles. The molecule has 5 nitrogen and oxygen atoms in total. The monoisotopic (exact) mass is 293 g/mol. The van der Waals surface area contributed by atoms with E-state index in [9.17, 15) is 8.42 Å². The molecule has 0 aliphatic carbocycles. The van der Waals surface area contributed by atoms with Crippen molar-refractivity contribution in [2.45, 2.75) is 31.8 Å². The third-order valence-corrected chi connectivity index (χ3v) is 4.87. The lowest BCUT2D eigenvalue weighted by atomic mass is 10.1. The summed E-state index contributed by atoms with van der Waals surface area (Å²) < 4.78 is 26.1.